The van der Waals surface area contributed by atoms with Gasteiger partial charge < -0.3 is 15.0 Å². The SMILES string of the molecule is CC(C)(C)N1[C@H](CF)[C@@H](c2ccc(-c3cc(CN)no3)cc2)OC1(C)C. The Kier molecular flexibility index (Phi) is 4.94. The van der Waals surface area contributed by atoms with E-state index in [0.717, 1.165) is 11.1 Å². The number of alkyl halides is 1. The molecule has 1 saturated heterocycles. The lowest BCUT2D eigenvalue weighted by Crippen LogP contribution is -2.55. The Morgan fingerprint density at radius 3 is 2.38 bits per heavy atom. The highest BCUT2D eigenvalue weighted by atomic mass is 19.1. The van der Waals surface area contributed by atoms with E-state index in [1.54, 1.807) is 0 Å². The van der Waals surface area contributed by atoms with Crippen LogP contribution in [0.15, 0.2) is 34.9 Å². The smallest absolute Gasteiger partial charge is 0.167 e. The van der Waals surface area contributed by atoms with Gasteiger partial charge in [-0.3, -0.25) is 4.90 Å². The van der Waals surface area contributed by atoms with Gasteiger partial charge >= 0.3 is 0 Å². The van der Waals surface area contributed by atoms with Gasteiger partial charge in [0.05, 0.1) is 11.7 Å². The summed E-state index contributed by atoms with van der Waals surface area (Å²) in [6.45, 7) is 10.1. The average Bonchev–Trinajstić information content (AvgIpc) is 3.16. The molecule has 5 nitrogen and oxygen atoms in total. The maximum Gasteiger partial charge on any atom is 0.167 e. The molecule has 142 valence electrons. The summed E-state index contributed by atoms with van der Waals surface area (Å²) in [4.78, 5) is 2.13. The highest BCUT2D eigenvalue weighted by molar-refractivity contribution is 5.58. The molecule has 0 bridgehead atoms. The van der Waals surface area contributed by atoms with Crippen molar-refractivity contribution in [1.82, 2.24) is 10.1 Å². The van der Waals surface area contributed by atoms with Gasteiger partial charge in [-0.15, -0.1) is 0 Å². The summed E-state index contributed by atoms with van der Waals surface area (Å²) in [7, 11) is 0. The predicted molar refractivity (Wildman–Crippen MR) is 99.1 cm³/mol. The predicted octanol–water partition coefficient (Wildman–Crippen LogP) is 4.05. The first-order chi connectivity index (χ1) is 12.2. The van der Waals surface area contributed by atoms with E-state index in [-0.39, 0.29) is 17.7 Å². The van der Waals surface area contributed by atoms with Crippen LogP contribution < -0.4 is 5.73 Å². The summed E-state index contributed by atoms with van der Waals surface area (Å²) in [5.41, 5.74) is 7.40. The molecule has 2 heterocycles. The average molecular weight is 361 g/mol. The van der Waals surface area contributed by atoms with Crippen LogP contribution in [0, 0.1) is 0 Å². The monoisotopic (exact) mass is 361 g/mol. The Labute approximate surface area is 154 Å². The minimum absolute atomic E-state index is 0.201. The second kappa shape index (κ2) is 6.76. The van der Waals surface area contributed by atoms with Crippen LogP contribution in [0.5, 0.6) is 0 Å². The van der Waals surface area contributed by atoms with Gasteiger partial charge in [0.2, 0.25) is 0 Å². The fraction of sp³-hybridized carbons (Fsp3) is 0.550. The van der Waals surface area contributed by atoms with Crippen molar-refractivity contribution < 1.29 is 13.7 Å². The van der Waals surface area contributed by atoms with Crippen molar-refractivity contribution >= 4 is 0 Å². The number of rotatable bonds is 4. The third-order valence-electron chi connectivity index (χ3n) is 4.85. The summed E-state index contributed by atoms with van der Waals surface area (Å²) >= 11 is 0. The second-order valence-electron chi connectivity index (χ2n) is 8.26. The summed E-state index contributed by atoms with van der Waals surface area (Å²) in [5.74, 6) is 0.669. The standard InChI is InChI=1S/C20H28FN3O2/c1-19(2,3)24-16(11-21)18(25-20(24,4)5)14-8-6-13(7-9-14)17-10-15(12-22)23-26-17/h6-10,16,18H,11-12,22H2,1-5H3/t16-,18-/m1/s1. The Hall–Kier alpha value is -1.76. The van der Waals surface area contributed by atoms with Crippen LogP contribution >= 0.6 is 0 Å². The van der Waals surface area contributed by atoms with Gasteiger partial charge in [-0.25, -0.2) is 4.39 Å². The number of nitrogens with zero attached hydrogens (tertiary/aromatic N) is 2. The molecule has 0 aliphatic carbocycles. The molecule has 1 aromatic heterocycles. The van der Waals surface area contributed by atoms with E-state index in [4.69, 9.17) is 15.0 Å². The molecule has 0 spiro atoms. The van der Waals surface area contributed by atoms with Gasteiger partial charge in [-0.2, -0.15) is 0 Å². The number of aromatic nitrogens is 1. The molecule has 2 aromatic rings. The van der Waals surface area contributed by atoms with E-state index in [9.17, 15) is 4.39 Å². The van der Waals surface area contributed by atoms with Crippen molar-refractivity contribution in [3.63, 3.8) is 0 Å². The molecule has 0 amide bonds. The highest BCUT2D eigenvalue weighted by Gasteiger charge is 2.51. The number of halogens is 1. The number of hydrogen-bond donors (Lipinski definition) is 1. The highest BCUT2D eigenvalue weighted by Crippen LogP contribution is 2.45. The van der Waals surface area contributed by atoms with Gasteiger partial charge in [0.25, 0.3) is 0 Å². The Bertz CT molecular complexity index is 749. The first-order valence-electron chi connectivity index (χ1n) is 8.96. The lowest BCUT2D eigenvalue weighted by Gasteiger charge is -2.43. The first kappa shape index (κ1) is 19.0. The fourth-order valence-corrected chi connectivity index (χ4v) is 4.11. The topological polar surface area (TPSA) is 64.5 Å². The summed E-state index contributed by atoms with van der Waals surface area (Å²) in [6, 6.07) is 9.33. The molecule has 26 heavy (non-hydrogen) atoms. The van der Waals surface area contributed by atoms with Gasteiger partial charge in [0.1, 0.15) is 18.5 Å². The van der Waals surface area contributed by atoms with E-state index < -0.39 is 12.4 Å². The van der Waals surface area contributed by atoms with Crippen LogP contribution in [0.1, 0.15) is 52.0 Å². The molecule has 0 saturated carbocycles. The minimum Gasteiger partial charge on any atom is -0.356 e. The van der Waals surface area contributed by atoms with Crippen LogP contribution in [-0.4, -0.2) is 34.0 Å². The van der Waals surface area contributed by atoms with E-state index in [1.165, 1.54) is 0 Å². The molecule has 0 unspecified atom stereocenters. The summed E-state index contributed by atoms with van der Waals surface area (Å²) in [5, 5.41) is 3.91. The van der Waals surface area contributed by atoms with Crippen LogP contribution in [0.2, 0.25) is 0 Å². The molecular weight excluding hydrogens is 333 g/mol. The molecule has 1 aliphatic heterocycles. The second-order valence-corrected chi connectivity index (χ2v) is 8.26. The fourth-order valence-electron chi connectivity index (χ4n) is 4.11. The third-order valence-corrected chi connectivity index (χ3v) is 4.85. The number of ether oxygens (including phenoxy) is 1. The largest absolute Gasteiger partial charge is 0.356 e. The molecule has 1 aliphatic rings. The van der Waals surface area contributed by atoms with Crippen LogP contribution in [0.25, 0.3) is 11.3 Å². The van der Waals surface area contributed by atoms with E-state index in [1.807, 2.05) is 44.2 Å². The zero-order chi connectivity index (χ0) is 19.1. The lowest BCUT2D eigenvalue weighted by molar-refractivity contribution is -0.106. The number of hydrogen-bond acceptors (Lipinski definition) is 5. The normalized spacial score (nSPS) is 23.5. The zero-order valence-electron chi connectivity index (χ0n) is 16.1. The van der Waals surface area contributed by atoms with Crippen molar-refractivity contribution in [1.29, 1.82) is 0 Å². The van der Waals surface area contributed by atoms with E-state index >= 15 is 0 Å². The molecule has 1 fully saturated rings. The number of nitrogens with two attached hydrogens (primary N) is 1. The Morgan fingerprint density at radius 1 is 1.23 bits per heavy atom. The van der Waals surface area contributed by atoms with Gasteiger partial charge in [-0.1, -0.05) is 29.4 Å². The Balaban J connectivity index is 1.88. The minimum atomic E-state index is -0.542. The third kappa shape index (κ3) is 3.41. The van der Waals surface area contributed by atoms with Crippen LogP contribution in [0.4, 0.5) is 4.39 Å². The molecule has 6 heteroatoms. The van der Waals surface area contributed by atoms with Crippen LogP contribution in [-0.2, 0) is 11.3 Å². The van der Waals surface area contributed by atoms with Gasteiger partial charge in [0, 0.05) is 23.7 Å². The molecule has 0 radical (unpaired) electrons. The summed E-state index contributed by atoms with van der Waals surface area (Å²) < 4.78 is 25.6. The zero-order valence-corrected chi connectivity index (χ0v) is 16.1. The maximum absolute atomic E-state index is 14.0. The molecule has 2 atom stereocenters. The molecule has 2 N–H and O–H groups in total. The molecular formula is C20H28FN3O2. The quantitative estimate of drug-likeness (QED) is 0.890. The van der Waals surface area contributed by atoms with Crippen molar-refractivity contribution in [2.24, 2.45) is 5.73 Å². The van der Waals surface area contributed by atoms with E-state index in [0.29, 0.717) is 18.0 Å². The number of benzene rings is 1. The van der Waals surface area contributed by atoms with Crippen molar-refractivity contribution in [3.05, 3.63) is 41.6 Å². The van der Waals surface area contributed by atoms with Crippen LogP contribution in [0.3, 0.4) is 0 Å². The van der Waals surface area contributed by atoms with Gasteiger partial charge in [0.15, 0.2) is 5.76 Å². The van der Waals surface area contributed by atoms with Crippen molar-refractivity contribution in [2.45, 2.75) is 64.6 Å². The van der Waals surface area contributed by atoms with E-state index in [2.05, 4.69) is 30.8 Å². The maximum atomic E-state index is 14.0. The summed E-state index contributed by atoms with van der Waals surface area (Å²) in [6.07, 6.45) is -0.322. The van der Waals surface area contributed by atoms with Crippen molar-refractivity contribution in [3.8, 4) is 11.3 Å². The molecule has 1 aromatic carbocycles. The lowest BCUT2D eigenvalue weighted by atomic mass is 9.96. The van der Waals surface area contributed by atoms with Gasteiger partial charge in [-0.05, 0) is 40.2 Å². The Morgan fingerprint density at radius 2 is 1.88 bits per heavy atom. The molecule has 3 rings (SSSR count). The first-order valence-corrected chi connectivity index (χ1v) is 8.96. The van der Waals surface area contributed by atoms with Crippen molar-refractivity contribution in [2.75, 3.05) is 6.67 Å².